The van der Waals surface area contributed by atoms with Crippen molar-refractivity contribution in [1.29, 1.82) is 0 Å². The highest BCUT2D eigenvalue weighted by molar-refractivity contribution is 5.82. The van der Waals surface area contributed by atoms with Gasteiger partial charge in [-0.25, -0.2) is 0 Å². The van der Waals surface area contributed by atoms with E-state index in [2.05, 4.69) is 5.32 Å². The van der Waals surface area contributed by atoms with Crippen molar-refractivity contribution < 1.29 is 19.4 Å². The van der Waals surface area contributed by atoms with Crippen LogP contribution in [0.2, 0.25) is 0 Å². The van der Waals surface area contributed by atoms with Crippen LogP contribution in [-0.4, -0.2) is 42.0 Å². The van der Waals surface area contributed by atoms with Gasteiger partial charge in [0.1, 0.15) is 0 Å². The molecule has 0 radical (unpaired) electrons. The second kappa shape index (κ2) is 8.04. The minimum absolute atomic E-state index is 0.0386. The summed E-state index contributed by atoms with van der Waals surface area (Å²) >= 11 is 0. The van der Waals surface area contributed by atoms with Gasteiger partial charge in [-0.05, 0) is 30.5 Å². The van der Waals surface area contributed by atoms with Gasteiger partial charge in [-0.1, -0.05) is 19.9 Å². The van der Waals surface area contributed by atoms with Crippen LogP contribution in [0.1, 0.15) is 32.3 Å². The number of carbonyl (C=O) groups excluding carboxylic acids is 2. The van der Waals surface area contributed by atoms with Crippen molar-refractivity contribution in [3.63, 3.8) is 0 Å². The molecule has 1 aromatic rings. The number of nitrogens with zero attached hydrogens (tertiary/aromatic N) is 1. The zero-order valence-corrected chi connectivity index (χ0v) is 14.5. The quantitative estimate of drug-likeness (QED) is 0.862. The van der Waals surface area contributed by atoms with Crippen molar-refractivity contribution >= 4 is 11.8 Å². The summed E-state index contributed by atoms with van der Waals surface area (Å²) in [6.07, 6.45) is 1.65. The monoisotopic (exact) mass is 334 g/mol. The largest absolute Gasteiger partial charge is 0.504 e. The number of methoxy groups -OCH3 is 1. The number of hydrogen-bond donors (Lipinski definition) is 2. The average molecular weight is 334 g/mol. The van der Waals surface area contributed by atoms with Crippen molar-refractivity contribution in [3.05, 3.63) is 23.8 Å². The highest BCUT2D eigenvalue weighted by atomic mass is 16.5. The number of piperidine rings is 1. The van der Waals surface area contributed by atoms with Crippen molar-refractivity contribution in [3.8, 4) is 11.5 Å². The molecule has 24 heavy (non-hydrogen) atoms. The molecule has 1 atom stereocenters. The molecule has 1 aliphatic rings. The van der Waals surface area contributed by atoms with Gasteiger partial charge in [0.05, 0.1) is 13.0 Å². The minimum atomic E-state index is -0.166. The van der Waals surface area contributed by atoms with Gasteiger partial charge in [-0.3, -0.25) is 9.59 Å². The molecule has 0 bridgehead atoms. The van der Waals surface area contributed by atoms with E-state index >= 15 is 0 Å². The van der Waals surface area contributed by atoms with Gasteiger partial charge in [-0.15, -0.1) is 0 Å². The number of amides is 2. The van der Waals surface area contributed by atoms with Crippen molar-refractivity contribution in [2.45, 2.75) is 33.2 Å². The second-order valence-corrected chi connectivity index (χ2v) is 6.50. The molecular formula is C18H26N2O4. The predicted molar refractivity (Wildman–Crippen MR) is 90.6 cm³/mol. The molecule has 2 amide bonds. The van der Waals surface area contributed by atoms with E-state index in [9.17, 15) is 14.7 Å². The maximum Gasteiger partial charge on any atom is 0.225 e. The maximum absolute atomic E-state index is 12.4. The molecule has 6 heteroatoms. The van der Waals surface area contributed by atoms with Gasteiger partial charge in [0.15, 0.2) is 11.5 Å². The Morgan fingerprint density at radius 1 is 1.42 bits per heavy atom. The molecule has 0 unspecified atom stereocenters. The number of carbonyl (C=O) groups is 2. The van der Waals surface area contributed by atoms with E-state index in [1.54, 1.807) is 23.1 Å². The minimum Gasteiger partial charge on any atom is -0.504 e. The number of nitrogens with one attached hydrogen (secondary N) is 1. The molecule has 0 aromatic heterocycles. The van der Waals surface area contributed by atoms with Crippen LogP contribution < -0.4 is 10.1 Å². The molecule has 6 nitrogen and oxygen atoms in total. The number of phenols is 1. The first kappa shape index (κ1) is 18.1. The summed E-state index contributed by atoms with van der Waals surface area (Å²) in [5.74, 6) is 0.312. The van der Waals surface area contributed by atoms with Crippen LogP contribution in [0.15, 0.2) is 18.2 Å². The van der Waals surface area contributed by atoms with Crippen molar-refractivity contribution in [2.75, 3.05) is 20.2 Å². The molecule has 1 heterocycles. The van der Waals surface area contributed by atoms with Gasteiger partial charge in [-0.2, -0.15) is 0 Å². The highest BCUT2D eigenvalue weighted by Gasteiger charge is 2.29. The molecule has 0 aliphatic carbocycles. The van der Waals surface area contributed by atoms with E-state index in [1.165, 1.54) is 7.11 Å². The van der Waals surface area contributed by atoms with E-state index in [-0.39, 0.29) is 29.4 Å². The molecule has 2 N–H and O–H groups in total. The standard InChI is InChI=1S/C18H26N2O4/c1-12(2)18(23)20-8-4-5-14(11-20)17(22)19-10-13-6-7-15(21)16(9-13)24-3/h6-7,9,12,14,21H,4-5,8,10-11H2,1-3H3,(H,19,22)/t14-/m0/s1. The van der Waals surface area contributed by atoms with Crippen molar-refractivity contribution in [1.82, 2.24) is 10.2 Å². The normalized spacial score (nSPS) is 17.7. The maximum atomic E-state index is 12.4. The Hall–Kier alpha value is -2.24. The number of ether oxygens (including phenoxy) is 1. The van der Waals surface area contributed by atoms with Gasteiger partial charge in [0.2, 0.25) is 11.8 Å². The van der Waals surface area contributed by atoms with Crippen LogP contribution in [0.3, 0.4) is 0 Å². The summed E-state index contributed by atoms with van der Waals surface area (Å²) in [4.78, 5) is 26.3. The van der Waals surface area contributed by atoms with Crippen LogP contribution in [-0.2, 0) is 16.1 Å². The summed E-state index contributed by atoms with van der Waals surface area (Å²) < 4.78 is 5.06. The Bertz CT molecular complexity index is 601. The first-order chi connectivity index (χ1) is 11.4. The third kappa shape index (κ3) is 4.40. The lowest BCUT2D eigenvalue weighted by atomic mass is 9.96. The lowest BCUT2D eigenvalue weighted by molar-refractivity contribution is -0.138. The number of phenolic OH excluding ortho intramolecular Hbond substituents is 1. The van der Waals surface area contributed by atoms with E-state index in [1.807, 2.05) is 13.8 Å². The zero-order valence-electron chi connectivity index (χ0n) is 14.5. The fourth-order valence-corrected chi connectivity index (χ4v) is 2.92. The fraction of sp³-hybridized carbons (Fsp3) is 0.556. The Kier molecular flexibility index (Phi) is 6.06. The summed E-state index contributed by atoms with van der Waals surface area (Å²) in [5.41, 5.74) is 0.851. The summed E-state index contributed by atoms with van der Waals surface area (Å²) in [6.45, 7) is 5.34. The Balaban J connectivity index is 1.91. The number of likely N-dealkylation sites (tertiary alicyclic amines) is 1. The summed E-state index contributed by atoms with van der Waals surface area (Å²) in [6, 6.07) is 4.99. The van der Waals surface area contributed by atoms with Crippen LogP contribution in [0, 0.1) is 11.8 Å². The molecular weight excluding hydrogens is 308 g/mol. The molecule has 1 fully saturated rings. The van der Waals surface area contributed by atoms with Gasteiger partial charge < -0.3 is 20.1 Å². The third-order valence-electron chi connectivity index (χ3n) is 4.31. The Morgan fingerprint density at radius 2 is 2.17 bits per heavy atom. The first-order valence-corrected chi connectivity index (χ1v) is 8.34. The second-order valence-electron chi connectivity index (χ2n) is 6.50. The molecule has 1 aliphatic heterocycles. The number of benzene rings is 1. The number of aromatic hydroxyl groups is 1. The summed E-state index contributed by atoms with van der Waals surface area (Å²) in [5, 5.41) is 12.5. The smallest absolute Gasteiger partial charge is 0.225 e. The van der Waals surface area contributed by atoms with Crippen LogP contribution >= 0.6 is 0 Å². The lowest BCUT2D eigenvalue weighted by Crippen LogP contribution is -2.46. The van der Waals surface area contributed by atoms with Crippen LogP contribution in [0.4, 0.5) is 0 Å². The van der Waals surface area contributed by atoms with Gasteiger partial charge in [0, 0.05) is 25.6 Å². The zero-order chi connectivity index (χ0) is 17.7. The fourth-order valence-electron chi connectivity index (χ4n) is 2.92. The van der Waals surface area contributed by atoms with E-state index in [0.717, 1.165) is 24.9 Å². The van der Waals surface area contributed by atoms with Crippen LogP contribution in [0.25, 0.3) is 0 Å². The molecule has 0 saturated carbocycles. The molecule has 0 spiro atoms. The molecule has 132 valence electrons. The number of rotatable bonds is 5. The molecule has 1 aromatic carbocycles. The Labute approximate surface area is 142 Å². The SMILES string of the molecule is COc1cc(CNC(=O)[C@H]2CCCN(C(=O)C(C)C)C2)ccc1O. The molecule has 2 rings (SSSR count). The molecule has 1 saturated heterocycles. The summed E-state index contributed by atoms with van der Waals surface area (Å²) in [7, 11) is 1.49. The Morgan fingerprint density at radius 3 is 2.83 bits per heavy atom. The average Bonchev–Trinajstić information content (AvgIpc) is 2.60. The van der Waals surface area contributed by atoms with Gasteiger partial charge in [0.25, 0.3) is 0 Å². The van der Waals surface area contributed by atoms with Crippen molar-refractivity contribution in [2.24, 2.45) is 11.8 Å². The lowest BCUT2D eigenvalue weighted by Gasteiger charge is -2.33. The van der Waals surface area contributed by atoms with Crippen LogP contribution in [0.5, 0.6) is 11.5 Å². The third-order valence-corrected chi connectivity index (χ3v) is 4.31. The highest BCUT2D eigenvalue weighted by Crippen LogP contribution is 2.26. The number of hydrogen-bond acceptors (Lipinski definition) is 4. The first-order valence-electron chi connectivity index (χ1n) is 8.34. The van der Waals surface area contributed by atoms with Gasteiger partial charge >= 0.3 is 0 Å². The topological polar surface area (TPSA) is 78.9 Å². The van der Waals surface area contributed by atoms with E-state index in [4.69, 9.17) is 4.74 Å². The van der Waals surface area contributed by atoms with E-state index in [0.29, 0.717) is 18.8 Å². The predicted octanol–water partition coefficient (Wildman–Crippen LogP) is 1.91. The van der Waals surface area contributed by atoms with E-state index < -0.39 is 0 Å².